The highest BCUT2D eigenvalue weighted by atomic mass is 35.5. The molecular weight excluding hydrogens is 413 g/mol. The van der Waals surface area contributed by atoms with Crippen LogP contribution in [0.4, 0.5) is 13.2 Å². The van der Waals surface area contributed by atoms with E-state index < -0.39 is 12.1 Å². The van der Waals surface area contributed by atoms with E-state index in [1.807, 2.05) is 37.3 Å². The molecule has 1 aromatic rings. The van der Waals surface area contributed by atoms with E-state index in [1.165, 1.54) is 4.90 Å². The lowest BCUT2D eigenvalue weighted by molar-refractivity contribution is -0.193. The largest absolute Gasteiger partial charge is 0.471 e. The molecule has 1 N–H and O–H groups in total. The van der Waals surface area contributed by atoms with Crippen molar-refractivity contribution in [2.24, 2.45) is 11.3 Å². The molecule has 166 valence electrons. The van der Waals surface area contributed by atoms with Crippen molar-refractivity contribution in [1.82, 2.24) is 10.2 Å². The minimum Gasteiger partial charge on any atom is -0.328 e. The number of carbonyl (C=O) groups excluding carboxylic acids is 1. The zero-order chi connectivity index (χ0) is 20.6. The zero-order valence-corrected chi connectivity index (χ0v) is 18.1. The van der Waals surface area contributed by atoms with E-state index in [9.17, 15) is 18.0 Å². The quantitative estimate of drug-likeness (QED) is 0.678. The zero-order valence-electron chi connectivity index (χ0n) is 17.3. The van der Waals surface area contributed by atoms with Crippen molar-refractivity contribution in [3.63, 3.8) is 0 Å². The first-order valence-electron chi connectivity index (χ1n) is 10.7. The van der Waals surface area contributed by atoms with Crippen LogP contribution in [0, 0.1) is 11.3 Å². The van der Waals surface area contributed by atoms with Crippen molar-refractivity contribution in [1.29, 1.82) is 0 Å². The number of benzene rings is 1. The number of nitrogens with zero attached hydrogens (tertiary/aromatic N) is 1. The SMILES string of the molecule is CC/C(=C\c1ccccc1)C1CC1N(C(=O)C(F)(F)F)C1CC2(CCNCC2)C1.Cl. The van der Waals surface area contributed by atoms with E-state index in [1.54, 1.807) is 0 Å². The van der Waals surface area contributed by atoms with Gasteiger partial charge in [0.2, 0.25) is 0 Å². The van der Waals surface area contributed by atoms with E-state index in [4.69, 9.17) is 0 Å². The fourth-order valence-electron chi connectivity index (χ4n) is 5.36. The first-order valence-corrected chi connectivity index (χ1v) is 10.7. The van der Waals surface area contributed by atoms with Crippen LogP contribution in [0.3, 0.4) is 0 Å². The minimum atomic E-state index is -4.81. The summed E-state index contributed by atoms with van der Waals surface area (Å²) in [6.45, 7) is 3.88. The standard InChI is InChI=1S/C23H29F3N2O.ClH/c1-2-17(12-16-6-4-3-5-7-16)19-13-20(19)28(21(29)23(24,25)26)18-14-22(15-18)8-10-27-11-9-22;/h3-7,12,18-20,27H,2,8-11,13-15H2,1H3;1H/b17-12+;. The lowest BCUT2D eigenvalue weighted by Gasteiger charge is -2.54. The van der Waals surface area contributed by atoms with E-state index in [0.29, 0.717) is 19.3 Å². The number of alkyl halides is 3. The Bertz CT molecular complexity index is 766. The van der Waals surface area contributed by atoms with Crippen molar-refractivity contribution in [3.05, 3.63) is 41.5 Å². The fourth-order valence-corrected chi connectivity index (χ4v) is 5.36. The van der Waals surface area contributed by atoms with E-state index in [0.717, 1.165) is 43.5 Å². The Morgan fingerprint density at radius 3 is 2.40 bits per heavy atom. The molecule has 3 aliphatic rings. The van der Waals surface area contributed by atoms with Gasteiger partial charge in [-0.15, -0.1) is 12.4 Å². The summed E-state index contributed by atoms with van der Waals surface area (Å²) in [4.78, 5) is 13.6. The Labute approximate surface area is 182 Å². The molecule has 3 nitrogen and oxygen atoms in total. The van der Waals surface area contributed by atoms with Gasteiger partial charge in [-0.25, -0.2) is 0 Å². The topological polar surface area (TPSA) is 32.3 Å². The van der Waals surface area contributed by atoms with Gasteiger partial charge in [0.05, 0.1) is 0 Å². The fraction of sp³-hybridized carbons (Fsp3) is 0.609. The Morgan fingerprint density at radius 2 is 1.83 bits per heavy atom. The Hall–Kier alpha value is -1.53. The van der Waals surface area contributed by atoms with Gasteiger partial charge in [-0.1, -0.05) is 48.9 Å². The third kappa shape index (κ3) is 4.70. The van der Waals surface area contributed by atoms with Crippen LogP contribution in [0.25, 0.3) is 6.08 Å². The predicted octanol–water partition coefficient (Wildman–Crippen LogP) is 5.21. The Balaban J connectivity index is 0.00000256. The van der Waals surface area contributed by atoms with E-state index in [2.05, 4.69) is 11.4 Å². The molecule has 1 aliphatic heterocycles. The summed E-state index contributed by atoms with van der Waals surface area (Å²) in [5, 5.41) is 3.32. The molecule has 1 saturated heterocycles. The summed E-state index contributed by atoms with van der Waals surface area (Å²) in [5.41, 5.74) is 2.33. The maximum Gasteiger partial charge on any atom is 0.471 e. The maximum atomic E-state index is 13.4. The molecule has 2 aliphatic carbocycles. The van der Waals surface area contributed by atoms with Crippen LogP contribution in [0.2, 0.25) is 0 Å². The molecule has 1 heterocycles. The minimum absolute atomic E-state index is 0. The highest BCUT2D eigenvalue weighted by Gasteiger charge is 2.58. The Kier molecular flexibility index (Phi) is 6.87. The van der Waals surface area contributed by atoms with Gasteiger partial charge >= 0.3 is 12.1 Å². The molecule has 0 bridgehead atoms. The second kappa shape index (κ2) is 8.91. The third-order valence-electron chi connectivity index (χ3n) is 7.02. The van der Waals surface area contributed by atoms with Crippen LogP contribution in [0.15, 0.2) is 35.9 Å². The lowest BCUT2D eigenvalue weighted by Crippen LogP contribution is -2.59. The number of amides is 1. The van der Waals surface area contributed by atoms with Crippen molar-refractivity contribution >= 4 is 24.4 Å². The number of piperidine rings is 1. The van der Waals surface area contributed by atoms with Crippen LogP contribution < -0.4 is 5.32 Å². The average molecular weight is 443 g/mol. The normalized spacial score (nSPS) is 25.9. The number of nitrogens with one attached hydrogen (secondary N) is 1. The first kappa shape index (κ1) is 23.1. The third-order valence-corrected chi connectivity index (χ3v) is 7.02. The van der Waals surface area contributed by atoms with Crippen LogP contribution in [0.5, 0.6) is 0 Å². The molecule has 2 unspecified atom stereocenters. The highest BCUT2D eigenvalue weighted by molar-refractivity contribution is 5.85. The Morgan fingerprint density at radius 1 is 1.20 bits per heavy atom. The second-order valence-corrected chi connectivity index (χ2v) is 8.92. The van der Waals surface area contributed by atoms with Gasteiger partial charge in [-0.05, 0) is 62.6 Å². The number of carbonyl (C=O) groups is 1. The predicted molar refractivity (Wildman–Crippen MR) is 114 cm³/mol. The molecule has 1 spiro atoms. The summed E-state index contributed by atoms with van der Waals surface area (Å²) in [7, 11) is 0. The van der Waals surface area contributed by atoms with Crippen LogP contribution in [0.1, 0.15) is 51.0 Å². The second-order valence-electron chi connectivity index (χ2n) is 8.92. The van der Waals surface area contributed by atoms with Crippen molar-refractivity contribution in [2.45, 2.75) is 63.7 Å². The van der Waals surface area contributed by atoms with Crippen molar-refractivity contribution < 1.29 is 18.0 Å². The smallest absolute Gasteiger partial charge is 0.328 e. The van der Waals surface area contributed by atoms with Crippen LogP contribution >= 0.6 is 12.4 Å². The maximum absolute atomic E-state index is 13.4. The number of rotatable bonds is 5. The summed E-state index contributed by atoms with van der Waals surface area (Å²) < 4.78 is 40.1. The molecule has 1 aromatic carbocycles. The van der Waals surface area contributed by atoms with Crippen molar-refractivity contribution in [3.8, 4) is 0 Å². The lowest BCUT2D eigenvalue weighted by atomic mass is 9.60. The average Bonchev–Trinajstić information content (AvgIpc) is 3.46. The van der Waals surface area contributed by atoms with E-state index >= 15 is 0 Å². The molecule has 2 atom stereocenters. The van der Waals surface area contributed by atoms with Gasteiger partial charge in [0.1, 0.15) is 0 Å². The highest BCUT2D eigenvalue weighted by Crippen LogP contribution is 2.54. The van der Waals surface area contributed by atoms with Crippen molar-refractivity contribution in [2.75, 3.05) is 13.1 Å². The van der Waals surface area contributed by atoms with Gasteiger partial charge in [-0.3, -0.25) is 4.79 Å². The van der Waals surface area contributed by atoms with Crippen LogP contribution in [-0.2, 0) is 4.79 Å². The molecule has 1 amide bonds. The van der Waals surface area contributed by atoms with Gasteiger partial charge < -0.3 is 10.2 Å². The van der Waals surface area contributed by atoms with Crippen LogP contribution in [-0.4, -0.2) is 42.2 Å². The number of hydrogen-bond donors (Lipinski definition) is 1. The van der Waals surface area contributed by atoms with Gasteiger partial charge in [0.15, 0.2) is 0 Å². The molecule has 4 rings (SSSR count). The summed E-state index contributed by atoms with van der Waals surface area (Å²) in [6.07, 6.45) is 2.12. The summed E-state index contributed by atoms with van der Waals surface area (Å²) in [6, 6.07) is 9.26. The van der Waals surface area contributed by atoms with E-state index in [-0.39, 0.29) is 35.8 Å². The molecule has 30 heavy (non-hydrogen) atoms. The first-order chi connectivity index (χ1) is 13.8. The molecule has 0 aromatic heterocycles. The summed E-state index contributed by atoms with van der Waals surface area (Å²) in [5.74, 6) is -1.61. The number of halogens is 4. The summed E-state index contributed by atoms with van der Waals surface area (Å²) >= 11 is 0. The van der Waals surface area contributed by atoms with Gasteiger partial charge in [0.25, 0.3) is 0 Å². The molecule has 0 radical (unpaired) electrons. The molecule has 7 heteroatoms. The van der Waals surface area contributed by atoms with Gasteiger partial charge in [0, 0.05) is 18.0 Å². The monoisotopic (exact) mass is 442 g/mol. The molecular formula is C23H30ClF3N2O. The number of hydrogen-bond acceptors (Lipinski definition) is 2. The molecule has 3 fully saturated rings. The van der Waals surface area contributed by atoms with Gasteiger partial charge in [-0.2, -0.15) is 13.2 Å². The molecule has 2 saturated carbocycles.